The van der Waals surface area contributed by atoms with Gasteiger partial charge in [-0.3, -0.25) is 0 Å². The van der Waals surface area contributed by atoms with Gasteiger partial charge in [0.05, 0.1) is 13.7 Å². The average Bonchev–Trinajstić information content (AvgIpc) is 2.84. The lowest BCUT2D eigenvalue weighted by molar-refractivity contribution is 0.220. The van der Waals surface area contributed by atoms with Crippen LogP contribution in [0.25, 0.3) is 0 Å². The smallest absolute Gasteiger partial charge is 0.324 e. The molecule has 1 aromatic heterocycles. The molecule has 2 heterocycles. The van der Waals surface area contributed by atoms with Crippen LogP contribution in [-0.2, 0) is 0 Å². The Balaban J connectivity index is 1.89. The van der Waals surface area contributed by atoms with Gasteiger partial charge >= 0.3 is 12.0 Å². The first-order valence-corrected chi connectivity index (χ1v) is 7.10. The predicted molar refractivity (Wildman–Crippen MR) is 76.3 cm³/mol. The summed E-state index contributed by atoms with van der Waals surface area (Å²) in [6.45, 7) is 4.49. The predicted octanol–water partition coefficient (Wildman–Crippen LogP) is 1.18. The van der Waals surface area contributed by atoms with Crippen molar-refractivity contribution in [3.8, 4) is 12.0 Å². The monoisotopic (exact) mass is 281 g/mol. The zero-order valence-electron chi connectivity index (χ0n) is 12.4. The van der Waals surface area contributed by atoms with Crippen molar-refractivity contribution in [3.05, 3.63) is 0 Å². The highest BCUT2D eigenvalue weighted by Crippen LogP contribution is 2.18. The van der Waals surface area contributed by atoms with Crippen molar-refractivity contribution in [1.29, 1.82) is 0 Å². The van der Waals surface area contributed by atoms with Gasteiger partial charge in [0.1, 0.15) is 0 Å². The van der Waals surface area contributed by atoms with Crippen LogP contribution in [-0.4, -0.2) is 59.7 Å². The molecule has 0 bridgehead atoms. The molecule has 0 saturated carbocycles. The Morgan fingerprint density at radius 2 is 2.10 bits per heavy atom. The largest absolute Gasteiger partial charge is 0.467 e. The van der Waals surface area contributed by atoms with E-state index in [1.165, 1.54) is 26.5 Å². The maximum absolute atomic E-state index is 5.64. The van der Waals surface area contributed by atoms with E-state index in [-0.39, 0.29) is 6.01 Å². The minimum atomic E-state index is 0.268. The summed E-state index contributed by atoms with van der Waals surface area (Å²) in [5.74, 6) is 0.479. The summed E-state index contributed by atoms with van der Waals surface area (Å²) in [6.07, 6.45) is 3.50. The first kappa shape index (κ1) is 14.8. The van der Waals surface area contributed by atoms with E-state index in [0.29, 0.717) is 24.6 Å². The fraction of sp³-hybridized carbons (Fsp3) is 0.769. The molecule has 0 spiro atoms. The van der Waals surface area contributed by atoms with Crippen LogP contribution in [0.4, 0.5) is 5.95 Å². The molecule has 1 aliphatic heterocycles. The van der Waals surface area contributed by atoms with Gasteiger partial charge in [-0.05, 0) is 39.8 Å². The summed E-state index contributed by atoms with van der Waals surface area (Å²) in [6, 6.07) is 1.18. The molecule has 1 fully saturated rings. The van der Waals surface area contributed by atoms with Gasteiger partial charge in [0, 0.05) is 12.6 Å². The number of hydrogen-bond donors (Lipinski definition) is 1. The molecular weight excluding hydrogens is 258 g/mol. The number of hydrogen-bond acceptors (Lipinski definition) is 7. The number of anilines is 1. The van der Waals surface area contributed by atoms with Crippen LogP contribution in [0.3, 0.4) is 0 Å². The van der Waals surface area contributed by atoms with Gasteiger partial charge in [0.2, 0.25) is 5.95 Å². The Bertz CT molecular complexity index is 429. The van der Waals surface area contributed by atoms with Crippen molar-refractivity contribution < 1.29 is 9.47 Å². The summed E-state index contributed by atoms with van der Waals surface area (Å²) in [7, 11) is 3.69. The van der Waals surface area contributed by atoms with Crippen LogP contribution in [0.2, 0.25) is 0 Å². The van der Waals surface area contributed by atoms with Gasteiger partial charge in [0.15, 0.2) is 0 Å². The van der Waals surface area contributed by atoms with E-state index in [1.807, 2.05) is 6.92 Å². The average molecular weight is 281 g/mol. The number of rotatable bonds is 7. The molecular formula is C13H23N5O2. The van der Waals surface area contributed by atoms with E-state index in [0.717, 1.165) is 13.0 Å². The van der Waals surface area contributed by atoms with E-state index < -0.39 is 0 Å². The molecule has 1 N–H and O–H groups in total. The quantitative estimate of drug-likeness (QED) is 0.804. The van der Waals surface area contributed by atoms with E-state index in [1.54, 1.807) is 0 Å². The fourth-order valence-electron chi connectivity index (χ4n) is 2.36. The lowest BCUT2D eigenvalue weighted by Crippen LogP contribution is -2.26. The van der Waals surface area contributed by atoms with Crippen LogP contribution in [0.5, 0.6) is 12.0 Å². The Labute approximate surface area is 119 Å². The molecule has 0 radical (unpaired) electrons. The summed E-state index contributed by atoms with van der Waals surface area (Å²) < 4.78 is 10.7. The van der Waals surface area contributed by atoms with E-state index in [9.17, 15) is 0 Å². The Hall–Kier alpha value is -1.63. The molecule has 1 atom stereocenters. The fourth-order valence-corrected chi connectivity index (χ4v) is 2.36. The molecule has 2 rings (SSSR count). The van der Waals surface area contributed by atoms with Crippen molar-refractivity contribution in [3.63, 3.8) is 0 Å². The summed E-state index contributed by atoms with van der Waals surface area (Å²) in [5, 5.41) is 3.03. The molecule has 1 aliphatic rings. The SMILES string of the molecule is CCNc1nc(OC)nc(OCCC2CCCN2C)n1. The first-order valence-electron chi connectivity index (χ1n) is 7.10. The van der Waals surface area contributed by atoms with Crippen LogP contribution >= 0.6 is 0 Å². The number of methoxy groups -OCH3 is 1. The molecule has 20 heavy (non-hydrogen) atoms. The third-order valence-corrected chi connectivity index (χ3v) is 3.47. The van der Waals surface area contributed by atoms with Gasteiger partial charge in [-0.2, -0.15) is 9.97 Å². The van der Waals surface area contributed by atoms with E-state index in [4.69, 9.17) is 9.47 Å². The second-order valence-corrected chi connectivity index (χ2v) is 4.87. The lowest BCUT2D eigenvalue weighted by Gasteiger charge is -2.18. The van der Waals surface area contributed by atoms with Crippen LogP contribution in [0.15, 0.2) is 0 Å². The normalized spacial score (nSPS) is 19.1. The Kier molecular flexibility index (Phi) is 5.34. The molecule has 7 heteroatoms. The standard InChI is InChI=1S/C13H23N5O2/c1-4-14-11-15-12(19-3)17-13(16-11)20-9-7-10-6-5-8-18(10)2/h10H,4-9H2,1-3H3,(H,14,15,16,17). The second kappa shape index (κ2) is 7.23. The maximum atomic E-state index is 5.64. The molecule has 1 aromatic rings. The second-order valence-electron chi connectivity index (χ2n) is 4.87. The topological polar surface area (TPSA) is 72.4 Å². The molecule has 7 nitrogen and oxygen atoms in total. The number of ether oxygens (including phenoxy) is 2. The Morgan fingerprint density at radius 3 is 2.75 bits per heavy atom. The molecule has 0 aliphatic carbocycles. The van der Waals surface area contributed by atoms with Crippen molar-refractivity contribution in [2.45, 2.75) is 32.2 Å². The highest BCUT2D eigenvalue weighted by molar-refractivity contribution is 5.27. The van der Waals surface area contributed by atoms with Crippen LogP contribution < -0.4 is 14.8 Å². The van der Waals surface area contributed by atoms with Crippen molar-refractivity contribution in [2.24, 2.45) is 0 Å². The van der Waals surface area contributed by atoms with Crippen LogP contribution in [0.1, 0.15) is 26.2 Å². The molecule has 0 aromatic carbocycles. The number of aromatic nitrogens is 3. The first-order chi connectivity index (χ1) is 9.72. The Morgan fingerprint density at radius 1 is 1.30 bits per heavy atom. The number of nitrogens with one attached hydrogen (secondary N) is 1. The van der Waals surface area contributed by atoms with Gasteiger partial charge in [-0.15, -0.1) is 4.98 Å². The van der Waals surface area contributed by atoms with Crippen LogP contribution in [0, 0.1) is 0 Å². The minimum absolute atomic E-state index is 0.268. The van der Waals surface area contributed by atoms with Gasteiger partial charge in [-0.1, -0.05) is 0 Å². The highest BCUT2D eigenvalue weighted by atomic mass is 16.5. The third kappa shape index (κ3) is 3.93. The van der Waals surface area contributed by atoms with Gasteiger partial charge in [0.25, 0.3) is 0 Å². The number of nitrogens with zero attached hydrogens (tertiary/aromatic N) is 4. The lowest BCUT2D eigenvalue weighted by atomic mass is 10.2. The van der Waals surface area contributed by atoms with Crippen molar-refractivity contribution >= 4 is 5.95 Å². The molecule has 0 amide bonds. The molecule has 1 unspecified atom stereocenters. The van der Waals surface area contributed by atoms with Crippen molar-refractivity contribution in [1.82, 2.24) is 19.9 Å². The van der Waals surface area contributed by atoms with Crippen molar-refractivity contribution in [2.75, 3.05) is 39.2 Å². The van der Waals surface area contributed by atoms with E-state index in [2.05, 4.69) is 32.2 Å². The highest BCUT2D eigenvalue weighted by Gasteiger charge is 2.20. The summed E-state index contributed by atoms with van der Waals surface area (Å²) in [5.41, 5.74) is 0. The third-order valence-electron chi connectivity index (χ3n) is 3.47. The maximum Gasteiger partial charge on any atom is 0.324 e. The summed E-state index contributed by atoms with van der Waals surface area (Å²) in [4.78, 5) is 14.8. The zero-order valence-corrected chi connectivity index (χ0v) is 12.4. The minimum Gasteiger partial charge on any atom is -0.467 e. The summed E-state index contributed by atoms with van der Waals surface area (Å²) >= 11 is 0. The molecule has 112 valence electrons. The molecule has 1 saturated heterocycles. The zero-order chi connectivity index (χ0) is 14.4. The number of likely N-dealkylation sites (tertiary alicyclic amines) is 1. The van der Waals surface area contributed by atoms with Gasteiger partial charge in [-0.25, -0.2) is 0 Å². The van der Waals surface area contributed by atoms with Gasteiger partial charge < -0.3 is 19.7 Å². The van der Waals surface area contributed by atoms with E-state index >= 15 is 0 Å².